The summed E-state index contributed by atoms with van der Waals surface area (Å²) in [4.78, 5) is 11.5. The molecular formula is C22H22FNO3. The van der Waals surface area contributed by atoms with Crippen molar-refractivity contribution in [1.82, 2.24) is 4.57 Å². The molecule has 0 atom stereocenters. The van der Waals surface area contributed by atoms with Crippen LogP contribution in [-0.4, -0.2) is 24.3 Å². The van der Waals surface area contributed by atoms with Crippen LogP contribution in [-0.2, 0) is 28.9 Å². The van der Waals surface area contributed by atoms with E-state index >= 15 is 0 Å². The van der Waals surface area contributed by atoms with Crippen LogP contribution in [0.25, 0.3) is 10.9 Å². The molecule has 0 amide bonds. The van der Waals surface area contributed by atoms with E-state index in [2.05, 4.69) is 16.7 Å². The fourth-order valence-electron chi connectivity index (χ4n) is 3.96. The van der Waals surface area contributed by atoms with Crippen molar-refractivity contribution in [2.24, 2.45) is 0 Å². The molecule has 4 nitrogen and oxygen atoms in total. The van der Waals surface area contributed by atoms with Crippen LogP contribution >= 0.6 is 0 Å². The standard InChI is InChI=1S/C22H22FNO3/c1-14-9-19-20(27-13-21(25)26-2)11-16-6-4-8-18(16)22(19)24(14)12-15-5-3-7-17(23)10-15/h3,5,7,9-11H,4,6,8,12-13H2,1-2H3. The zero-order chi connectivity index (χ0) is 19.0. The lowest BCUT2D eigenvalue weighted by Gasteiger charge is -2.14. The molecule has 5 heteroatoms. The van der Waals surface area contributed by atoms with Crippen LogP contribution in [0.2, 0.25) is 0 Å². The largest absolute Gasteiger partial charge is 0.481 e. The van der Waals surface area contributed by atoms with Gasteiger partial charge in [-0.15, -0.1) is 0 Å². The minimum absolute atomic E-state index is 0.113. The first-order valence-electron chi connectivity index (χ1n) is 9.15. The van der Waals surface area contributed by atoms with Crippen molar-refractivity contribution in [2.45, 2.75) is 32.7 Å². The van der Waals surface area contributed by atoms with Crippen LogP contribution < -0.4 is 4.74 Å². The first-order chi connectivity index (χ1) is 13.1. The van der Waals surface area contributed by atoms with Crippen molar-refractivity contribution >= 4 is 16.9 Å². The van der Waals surface area contributed by atoms with E-state index in [0.717, 1.165) is 41.4 Å². The summed E-state index contributed by atoms with van der Waals surface area (Å²) in [6.07, 6.45) is 3.13. The number of benzene rings is 2. The second-order valence-corrected chi connectivity index (χ2v) is 6.99. The van der Waals surface area contributed by atoms with E-state index in [-0.39, 0.29) is 12.4 Å². The number of esters is 1. The Bertz CT molecular complexity index is 1020. The van der Waals surface area contributed by atoms with E-state index in [0.29, 0.717) is 12.3 Å². The van der Waals surface area contributed by atoms with Gasteiger partial charge in [0.05, 0.1) is 12.6 Å². The van der Waals surface area contributed by atoms with Crippen molar-refractivity contribution < 1.29 is 18.7 Å². The molecule has 0 radical (unpaired) electrons. The Labute approximate surface area is 157 Å². The smallest absolute Gasteiger partial charge is 0.343 e. The predicted molar refractivity (Wildman–Crippen MR) is 102 cm³/mol. The number of hydrogen-bond acceptors (Lipinski definition) is 3. The van der Waals surface area contributed by atoms with Crippen LogP contribution in [0.4, 0.5) is 4.39 Å². The van der Waals surface area contributed by atoms with E-state index in [4.69, 9.17) is 9.47 Å². The molecule has 2 aromatic carbocycles. The van der Waals surface area contributed by atoms with Crippen LogP contribution in [0, 0.1) is 12.7 Å². The van der Waals surface area contributed by atoms with E-state index in [1.54, 1.807) is 12.1 Å². The zero-order valence-corrected chi connectivity index (χ0v) is 15.5. The Morgan fingerprint density at radius 3 is 2.85 bits per heavy atom. The van der Waals surface area contributed by atoms with Gasteiger partial charge in [-0.05, 0) is 67.1 Å². The molecule has 0 saturated carbocycles. The third kappa shape index (κ3) is 3.29. The van der Waals surface area contributed by atoms with Crippen molar-refractivity contribution in [3.8, 4) is 5.75 Å². The molecule has 0 spiro atoms. The molecule has 1 aliphatic rings. The second-order valence-electron chi connectivity index (χ2n) is 6.99. The van der Waals surface area contributed by atoms with Gasteiger partial charge in [0.1, 0.15) is 11.6 Å². The Hall–Kier alpha value is -2.82. The Morgan fingerprint density at radius 1 is 1.22 bits per heavy atom. The van der Waals surface area contributed by atoms with Gasteiger partial charge in [0.2, 0.25) is 0 Å². The summed E-state index contributed by atoms with van der Waals surface area (Å²) in [5.41, 5.74) is 5.73. The molecule has 140 valence electrons. The maximum Gasteiger partial charge on any atom is 0.343 e. The number of aromatic nitrogens is 1. The summed E-state index contributed by atoms with van der Waals surface area (Å²) in [5, 5.41) is 0.994. The van der Waals surface area contributed by atoms with Crippen molar-refractivity contribution in [3.05, 3.63) is 64.6 Å². The van der Waals surface area contributed by atoms with Crippen molar-refractivity contribution in [3.63, 3.8) is 0 Å². The van der Waals surface area contributed by atoms with Gasteiger partial charge >= 0.3 is 5.97 Å². The Morgan fingerprint density at radius 2 is 2.07 bits per heavy atom. The van der Waals surface area contributed by atoms with E-state index in [1.807, 2.05) is 13.0 Å². The zero-order valence-electron chi connectivity index (χ0n) is 15.5. The molecule has 0 N–H and O–H groups in total. The van der Waals surface area contributed by atoms with Crippen LogP contribution in [0.3, 0.4) is 0 Å². The maximum atomic E-state index is 13.6. The normalized spacial score (nSPS) is 13.0. The van der Waals surface area contributed by atoms with Crippen molar-refractivity contribution in [1.29, 1.82) is 0 Å². The van der Waals surface area contributed by atoms with Crippen LogP contribution in [0.15, 0.2) is 36.4 Å². The fourth-order valence-corrected chi connectivity index (χ4v) is 3.96. The van der Waals surface area contributed by atoms with E-state index in [9.17, 15) is 9.18 Å². The highest BCUT2D eigenvalue weighted by Gasteiger charge is 2.22. The number of methoxy groups -OCH3 is 1. The highest BCUT2D eigenvalue weighted by atomic mass is 19.1. The van der Waals surface area contributed by atoms with Gasteiger partial charge < -0.3 is 14.0 Å². The molecule has 0 bridgehead atoms. The highest BCUT2D eigenvalue weighted by molar-refractivity contribution is 5.92. The van der Waals surface area contributed by atoms with E-state index in [1.165, 1.54) is 24.3 Å². The highest BCUT2D eigenvalue weighted by Crippen LogP contribution is 2.38. The number of ether oxygens (including phenoxy) is 2. The van der Waals surface area contributed by atoms with Gasteiger partial charge in [0, 0.05) is 17.6 Å². The molecule has 3 aromatic rings. The van der Waals surface area contributed by atoms with Gasteiger partial charge in [-0.2, -0.15) is 0 Å². The number of carbonyl (C=O) groups excluding carboxylic acids is 1. The van der Waals surface area contributed by atoms with Crippen molar-refractivity contribution in [2.75, 3.05) is 13.7 Å². The number of rotatable bonds is 5. The van der Waals surface area contributed by atoms with E-state index < -0.39 is 5.97 Å². The number of hydrogen-bond donors (Lipinski definition) is 0. The van der Waals surface area contributed by atoms with Gasteiger partial charge in [0.15, 0.2) is 6.61 Å². The SMILES string of the molecule is COC(=O)COc1cc2c(c3c1cc(C)n3Cc1cccc(F)c1)CCC2. The average Bonchev–Trinajstić information content (AvgIpc) is 3.24. The third-order valence-corrected chi connectivity index (χ3v) is 5.22. The number of nitrogens with zero attached hydrogens (tertiary/aromatic N) is 1. The molecule has 0 aliphatic heterocycles. The topological polar surface area (TPSA) is 40.5 Å². The van der Waals surface area contributed by atoms with Gasteiger partial charge in [0.25, 0.3) is 0 Å². The summed E-state index contributed by atoms with van der Waals surface area (Å²) < 4.78 is 26.3. The summed E-state index contributed by atoms with van der Waals surface area (Å²) in [6, 6.07) is 10.8. The molecule has 0 unspecified atom stereocenters. The monoisotopic (exact) mass is 367 g/mol. The minimum Gasteiger partial charge on any atom is -0.481 e. The Kier molecular flexibility index (Phi) is 4.60. The summed E-state index contributed by atoms with van der Waals surface area (Å²) in [7, 11) is 1.35. The van der Waals surface area contributed by atoms with Crippen LogP contribution in [0.5, 0.6) is 5.75 Å². The molecule has 1 aliphatic carbocycles. The summed E-state index contributed by atoms with van der Waals surface area (Å²) in [6.45, 7) is 2.53. The molecule has 4 rings (SSSR count). The van der Waals surface area contributed by atoms with Gasteiger partial charge in [-0.1, -0.05) is 12.1 Å². The third-order valence-electron chi connectivity index (χ3n) is 5.22. The second kappa shape index (κ2) is 7.06. The summed E-state index contributed by atoms with van der Waals surface area (Å²) >= 11 is 0. The first-order valence-corrected chi connectivity index (χ1v) is 9.15. The van der Waals surface area contributed by atoms with Gasteiger partial charge in [-0.3, -0.25) is 0 Å². The number of carbonyl (C=O) groups is 1. The number of fused-ring (bicyclic) bond motifs is 3. The predicted octanol–water partition coefficient (Wildman–Crippen LogP) is 4.18. The molecule has 27 heavy (non-hydrogen) atoms. The average molecular weight is 367 g/mol. The van der Waals surface area contributed by atoms with Crippen LogP contribution in [0.1, 0.15) is 28.8 Å². The first kappa shape index (κ1) is 17.6. The quantitative estimate of drug-likeness (QED) is 0.635. The molecule has 1 aromatic heterocycles. The lowest BCUT2D eigenvalue weighted by molar-refractivity contribution is -0.142. The number of aryl methyl sites for hydroxylation is 3. The molecular weight excluding hydrogens is 345 g/mol. The summed E-state index contributed by atoms with van der Waals surface area (Å²) in [5.74, 6) is 0.0747. The molecule has 1 heterocycles. The Balaban J connectivity index is 1.81. The lowest BCUT2D eigenvalue weighted by Crippen LogP contribution is -2.13. The molecule has 0 saturated heterocycles. The number of halogens is 1. The lowest BCUT2D eigenvalue weighted by atomic mass is 10.1. The molecule has 0 fully saturated rings. The minimum atomic E-state index is -0.403. The maximum absolute atomic E-state index is 13.6. The van der Waals surface area contributed by atoms with Gasteiger partial charge in [-0.25, -0.2) is 9.18 Å². The fraction of sp³-hybridized carbons (Fsp3) is 0.318.